The summed E-state index contributed by atoms with van der Waals surface area (Å²) >= 11 is 0. The molecule has 0 N–H and O–H groups in total. The second kappa shape index (κ2) is 4.97. The van der Waals surface area contributed by atoms with Crippen LogP contribution >= 0.6 is 0 Å². The SMILES string of the molecule is CC1CN(c2nc3ccccc3cc2C=O)CCO1. The largest absolute Gasteiger partial charge is 0.375 e. The minimum Gasteiger partial charge on any atom is -0.375 e. The number of aromatic nitrogens is 1. The highest BCUT2D eigenvalue weighted by molar-refractivity contribution is 5.91. The molecule has 1 aliphatic heterocycles. The topological polar surface area (TPSA) is 42.4 Å². The number of rotatable bonds is 2. The molecule has 1 aromatic carbocycles. The van der Waals surface area contributed by atoms with Crippen molar-refractivity contribution in [2.45, 2.75) is 13.0 Å². The molecular weight excluding hydrogens is 240 g/mol. The average molecular weight is 256 g/mol. The molecule has 1 aromatic heterocycles. The number of carbonyl (C=O) groups is 1. The molecule has 1 aliphatic rings. The first kappa shape index (κ1) is 12.1. The van der Waals surface area contributed by atoms with E-state index in [0.717, 1.165) is 36.1 Å². The summed E-state index contributed by atoms with van der Waals surface area (Å²) in [7, 11) is 0. The third-order valence-electron chi connectivity index (χ3n) is 3.40. The van der Waals surface area contributed by atoms with Crippen LogP contribution in [0.1, 0.15) is 17.3 Å². The van der Waals surface area contributed by atoms with E-state index in [1.54, 1.807) is 0 Å². The highest BCUT2D eigenvalue weighted by Gasteiger charge is 2.20. The Bertz CT molecular complexity index is 612. The predicted molar refractivity (Wildman–Crippen MR) is 74.8 cm³/mol. The van der Waals surface area contributed by atoms with E-state index in [4.69, 9.17) is 4.74 Å². The first-order valence-corrected chi connectivity index (χ1v) is 6.49. The first-order valence-electron chi connectivity index (χ1n) is 6.49. The Morgan fingerprint density at radius 3 is 3.05 bits per heavy atom. The van der Waals surface area contributed by atoms with Gasteiger partial charge in [-0.2, -0.15) is 0 Å². The van der Waals surface area contributed by atoms with Gasteiger partial charge >= 0.3 is 0 Å². The molecule has 0 aliphatic carbocycles. The van der Waals surface area contributed by atoms with Crippen LogP contribution in [0.5, 0.6) is 0 Å². The van der Waals surface area contributed by atoms with Gasteiger partial charge in [0, 0.05) is 18.5 Å². The molecule has 1 saturated heterocycles. The number of hydrogen-bond acceptors (Lipinski definition) is 4. The van der Waals surface area contributed by atoms with Crippen LogP contribution in [0, 0.1) is 0 Å². The van der Waals surface area contributed by atoms with Crippen LogP contribution in [-0.2, 0) is 4.74 Å². The smallest absolute Gasteiger partial charge is 0.153 e. The van der Waals surface area contributed by atoms with E-state index in [9.17, 15) is 4.79 Å². The van der Waals surface area contributed by atoms with E-state index in [-0.39, 0.29) is 6.10 Å². The molecule has 1 unspecified atom stereocenters. The third kappa shape index (κ3) is 2.31. The number of aldehydes is 1. The summed E-state index contributed by atoms with van der Waals surface area (Å²) < 4.78 is 5.53. The molecule has 0 radical (unpaired) electrons. The predicted octanol–water partition coefficient (Wildman–Crippen LogP) is 2.27. The van der Waals surface area contributed by atoms with Crippen molar-refractivity contribution >= 4 is 23.0 Å². The zero-order valence-electron chi connectivity index (χ0n) is 10.9. The van der Waals surface area contributed by atoms with Crippen LogP contribution in [0.4, 0.5) is 5.82 Å². The Hall–Kier alpha value is -1.94. The van der Waals surface area contributed by atoms with Crippen LogP contribution in [0.2, 0.25) is 0 Å². The lowest BCUT2D eigenvalue weighted by Crippen LogP contribution is -2.42. The number of carbonyl (C=O) groups excluding carboxylic acids is 1. The van der Waals surface area contributed by atoms with Gasteiger partial charge in [0.1, 0.15) is 5.82 Å². The molecular formula is C15H16N2O2. The maximum atomic E-state index is 11.3. The van der Waals surface area contributed by atoms with Crippen molar-refractivity contribution in [2.24, 2.45) is 0 Å². The quantitative estimate of drug-likeness (QED) is 0.773. The zero-order chi connectivity index (χ0) is 13.2. The van der Waals surface area contributed by atoms with Gasteiger partial charge in [-0.15, -0.1) is 0 Å². The monoisotopic (exact) mass is 256 g/mol. The number of fused-ring (bicyclic) bond motifs is 1. The van der Waals surface area contributed by atoms with Gasteiger partial charge in [0.05, 0.1) is 23.8 Å². The van der Waals surface area contributed by atoms with E-state index in [1.165, 1.54) is 0 Å². The Kier molecular flexibility index (Phi) is 3.17. The average Bonchev–Trinajstić information content (AvgIpc) is 2.46. The minimum absolute atomic E-state index is 0.168. The van der Waals surface area contributed by atoms with Crippen molar-refractivity contribution in [3.05, 3.63) is 35.9 Å². The van der Waals surface area contributed by atoms with Gasteiger partial charge in [-0.05, 0) is 19.1 Å². The van der Waals surface area contributed by atoms with Crippen LogP contribution in [-0.4, -0.2) is 37.1 Å². The highest BCUT2D eigenvalue weighted by Crippen LogP contribution is 2.24. The van der Waals surface area contributed by atoms with Gasteiger partial charge in [-0.3, -0.25) is 4.79 Å². The lowest BCUT2D eigenvalue weighted by molar-refractivity contribution is 0.0529. The lowest BCUT2D eigenvalue weighted by atomic mass is 10.1. The van der Waals surface area contributed by atoms with Gasteiger partial charge in [-0.1, -0.05) is 18.2 Å². The Morgan fingerprint density at radius 2 is 2.26 bits per heavy atom. The highest BCUT2D eigenvalue weighted by atomic mass is 16.5. The second-order valence-electron chi connectivity index (χ2n) is 4.84. The summed E-state index contributed by atoms with van der Waals surface area (Å²) in [5, 5.41) is 0.995. The van der Waals surface area contributed by atoms with E-state index < -0.39 is 0 Å². The van der Waals surface area contributed by atoms with Crippen LogP contribution in [0.3, 0.4) is 0 Å². The number of morpholine rings is 1. The molecule has 0 spiro atoms. The number of benzene rings is 1. The van der Waals surface area contributed by atoms with Crippen molar-refractivity contribution in [2.75, 3.05) is 24.6 Å². The molecule has 0 saturated carbocycles. The van der Waals surface area contributed by atoms with Crippen molar-refractivity contribution in [3.63, 3.8) is 0 Å². The fourth-order valence-electron chi connectivity index (χ4n) is 2.47. The van der Waals surface area contributed by atoms with E-state index in [1.807, 2.05) is 37.3 Å². The van der Waals surface area contributed by atoms with Gasteiger partial charge in [0.25, 0.3) is 0 Å². The van der Waals surface area contributed by atoms with E-state index in [0.29, 0.717) is 12.2 Å². The van der Waals surface area contributed by atoms with Gasteiger partial charge in [0.15, 0.2) is 6.29 Å². The summed E-state index contributed by atoms with van der Waals surface area (Å²) in [6.45, 7) is 4.25. The lowest BCUT2D eigenvalue weighted by Gasteiger charge is -2.32. The fourth-order valence-corrected chi connectivity index (χ4v) is 2.47. The third-order valence-corrected chi connectivity index (χ3v) is 3.40. The summed E-state index contributed by atoms with van der Waals surface area (Å²) in [5.74, 6) is 0.767. The summed E-state index contributed by atoms with van der Waals surface area (Å²) in [6, 6.07) is 9.76. The van der Waals surface area contributed by atoms with Crippen LogP contribution in [0.25, 0.3) is 10.9 Å². The molecule has 2 heterocycles. The minimum atomic E-state index is 0.168. The van der Waals surface area contributed by atoms with Crippen LogP contribution in [0.15, 0.2) is 30.3 Å². The van der Waals surface area contributed by atoms with Crippen molar-refractivity contribution in [3.8, 4) is 0 Å². The summed E-state index contributed by atoms with van der Waals surface area (Å²) in [6.07, 6.45) is 1.05. The summed E-state index contributed by atoms with van der Waals surface area (Å²) in [5.41, 5.74) is 1.56. The number of para-hydroxylation sites is 1. The molecule has 4 nitrogen and oxygen atoms in total. The fraction of sp³-hybridized carbons (Fsp3) is 0.333. The van der Waals surface area contributed by atoms with Gasteiger partial charge < -0.3 is 9.64 Å². The molecule has 19 heavy (non-hydrogen) atoms. The van der Waals surface area contributed by atoms with Crippen molar-refractivity contribution < 1.29 is 9.53 Å². The molecule has 0 amide bonds. The normalized spacial score (nSPS) is 19.6. The van der Waals surface area contributed by atoms with Gasteiger partial charge in [0.2, 0.25) is 0 Å². The first-order chi connectivity index (χ1) is 9.28. The van der Waals surface area contributed by atoms with Crippen molar-refractivity contribution in [1.82, 2.24) is 4.98 Å². The molecule has 2 aromatic rings. The molecule has 1 atom stereocenters. The number of pyridine rings is 1. The molecule has 3 rings (SSSR count). The number of anilines is 1. The zero-order valence-corrected chi connectivity index (χ0v) is 10.9. The maximum absolute atomic E-state index is 11.3. The van der Waals surface area contributed by atoms with E-state index >= 15 is 0 Å². The van der Waals surface area contributed by atoms with E-state index in [2.05, 4.69) is 9.88 Å². The summed E-state index contributed by atoms with van der Waals surface area (Å²) in [4.78, 5) is 18.1. The molecule has 98 valence electrons. The molecule has 0 bridgehead atoms. The van der Waals surface area contributed by atoms with Crippen LogP contribution < -0.4 is 4.90 Å². The number of nitrogens with zero attached hydrogens (tertiary/aromatic N) is 2. The Labute approximate surface area is 112 Å². The second-order valence-corrected chi connectivity index (χ2v) is 4.84. The number of hydrogen-bond donors (Lipinski definition) is 0. The molecule has 1 fully saturated rings. The Balaban J connectivity index is 2.08. The Morgan fingerprint density at radius 1 is 1.42 bits per heavy atom. The maximum Gasteiger partial charge on any atom is 0.153 e. The number of ether oxygens (including phenoxy) is 1. The van der Waals surface area contributed by atoms with Crippen molar-refractivity contribution in [1.29, 1.82) is 0 Å². The standard InChI is InChI=1S/C15H16N2O2/c1-11-9-17(6-7-19-11)15-13(10-18)8-12-4-2-3-5-14(12)16-15/h2-5,8,10-11H,6-7,9H2,1H3. The molecule has 4 heteroatoms. The van der Waals surface area contributed by atoms with Gasteiger partial charge in [-0.25, -0.2) is 4.98 Å².